The SMILES string of the molecule is CO[C@H]1O[C@@H](COC(C)=O)[C@@H](OC(C)=O)[C@H](OC(C)=O)[C@@H]1OC(C)=O. The lowest BCUT2D eigenvalue weighted by molar-refractivity contribution is -0.302. The highest BCUT2D eigenvalue weighted by molar-refractivity contribution is 5.68. The van der Waals surface area contributed by atoms with Gasteiger partial charge in [0.25, 0.3) is 0 Å². The first kappa shape index (κ1) is 20.8. The minimum Gasteiger partial charge on any atom is -0.463 e. The fourth-order valence-corrected chi connectivity index (χ4v) is 2.38. The number of ether oxygens (including phenoxy) is 6. The number of esters is 4. The Morgan fingerprint density at radius 3 is 1.68 bits per heavy atom. The highest BCUT2D eigenvalue weighted by Crippen LogP contribution is 2.29. The van der Waals surface area contributed by atoms with Crippen LogP contribution in [0.15, 0.2) is 0 Å². The van der Waals surface area contributed by atoms with E-state index >= 15 is 0 Å². The van der Waals surface area contributed by atoms with Crippen LogP contribution < -0.4 is 0 Å². The molecule has 1 aliphatic rings. The number of rotatable bonds is 6. The van der Waals surface area contributed by atoms with Crippen molar-refractivity contribution < 1.29 is 47.6 Å². The van der Waals surface area contributed by atoms with Gasteiger partial charge in [0.05, 0.1) is 0 Å². The maximum absolute atomic E-state index is 11.5. The number of carbonyl (C=O) groups is 4. The second kappa shape index (κ2) is 9.33. The Morgan fingerprint density at radius 2 is 1.24 bits per heavy atom. The molecule has 1 rings (SSSR count). The first-order valence-electron chi connectivity index (χ1n) is 7.49. The molecule has 0 unspecified atom stereocenters. The predicted molar refractivity (Wildman–Crippen MR) is 79.0 cm³/mol. The Morgan fingerprint density at radius 1 is 0.760 bits per heavy atom. The van der Waals surface area contributed by atoms with Crippen LogP contribution in [-0.2, 0) is 47.6 Å². The summed E-state index contributed by atoms with van der Waals surface area (Å²) in [5, 5.41) is 0. The molecular weight excluding hydrogens is 340 g/mol. The van der Waals surface area contributed by atoms with E-state index in [0.29, 0.717) is 0 Å². The van der Waals surface area contributed by atoms with E-state index in [0.717, 1.165) is 20.8 Å². The van der Waals surface area contributed by atoms with Crippen molar-refractivity contribution >= 4 is 23.9 Å². The lowest BCUT2D eigenvalue weighted by Gasteiger charge is -2.43. The molecule has 0 spiro atoms. The zero-order chi connectivity index (χ0) is 19.1. The van der Waals surface area contributed by atoms with Crippen molar-refractivity contribution in [2.24, 2.45) is 0 Å². The van der Waals surface area contributed by atoms with Crippen molar-refractivity contribution in [3.63, 3.8) is 0 Å². The third-order valence-electron chi connectivity index (χ3n) is 3.18. The lowest BCUT2D eigenvalue weighted by Crippen LogP contribution is -2.62. The maximum Gasteiger partial charge on any atom is 0.303 e. The van der Waals surface area contributed by atoms with Crippen LogP contribution >= 0.6 is 0 Å². The molecule has 0 bridgehead atoms. The fraction of sp³-hybridized carbons (Fsp3) is 0.733. The van der Waals surface area contributed by atoms with Gasteiger partial charge in [-0.25, -0.2) is 0 Å². The number of methoxy groups -OCH3 is 1. The summed E-state index contributed by atoms with van der Waals surface area (Å²) in [6, 6.07) is 0. The van der Waals surface area contributed by atoms with E-state index in [1.807, 2.05) is 0 Å². The molecule has 0 aromatic carbocycles. The smallest absolute Gasteiger partial charge is 0.303 e. The summed E-state index contributed by atoms with van der Waals surface area (Å²) in [5.41, 5.74) is 0. The third-order valence-corrected chi connectivity index (χ3v) is 3.18. The Bertz CT molecular complexity index is 516. The van der Waals surface area contributed by atoms with Crippen LogP contribution in [0.25, 0.3) is 0 Å². The summed E-state index contributed by atoms with van der Waals surface area (Å²) in [4.78, 5) is 45.4. The van der Waals surface area contributed by atoms with Gasteiger partial charge in [0.2, 0.25) is 0 Å². The van der Waals surface area contributed by atoms with Gasteiger partial charge in [-0.3, -0.25) is 19.2 Å². The van der Waals surface area contributed by atoms with E-state index in [1.165, 1.54) is 14.0 Å². The van der Waals surface area contributed by atoms with Gasteiger partial charge in [0, 0.05) is 34.8 Å². The van der Waals surface area contributed by atoms with Crippen LogP contribution in [0, 0.1) is 0 Å². The minimum absolute atomic E-state index is 0.280. The van der Waals surface area contributed by atoms with Gasteiger partial charge in [0.1, 0.15) is 12.7 Å². The Balaban J connectivity index is 3.18. The molecule has 0 aromatic rings. The summed E-state index contributed by atoms with van der Waals surface area (Å²) in [6.07, 6.45) is -5.67. The van der Waals surface area contributed by atoms with Crippen LogP contribution in [0.3, 0.4) is 0 Å². The van der Waals surface area contributed by atoms with Crippen LogP contribution in [0.2, 0.25) is 0 Å². The number of carbonyl (C=O) groups excluding carboxylic acids is 4. The summed E-state index contributed by atoms with van der Waals surface area (Å²) >= 11 is 0. The van der Waals surface area contributed by atoms with Crippen molar-refractivity contribution in [2.45, 2.75) is 58.4 Å². The average Bonchev–Trinajstić information content (AvgIpc) is 2.48. The standard InChI is InChI=1S/C15H22O10/c1-7(16)21-6-11-12(22-8(2)17)13(23-9(3)18)14(24-10(4)19)15(20-5)25-11/h11-15H,6H2,1-5H3/t11-,12+,13-,14-,15-/m0/s1. The average molecular weight is 362 g/mol. The molecule has 1 aliphatic heterocycles. The molecule has 0 radical (unpaired) electrons. The fourth-order valence-electron chi connectivity index (χ4n) is 2.38. The summed E-state index contributed by atoms with van der Waals surface area (Å²) < 4.78 is 31.1. The quantitative estimate of drug-likeness (QED) is 0.460. The summed E-state index contributed by atoms with van der Waals surface area (Å²) in [6.45, 7) is 4.37. The Kier molecular flexibility index (Phi) is 7.78. The van der Waals surface area contributed by atoms with E-state index < -0.39 is 54.6 Å². The molecule has 5 atom stereocenters. The second-order valence-corrected chi connectivity index (χ2v) is 5.30. The molecule has 25 heavy (non-hydrogen) atoms. The van der Waals surface area contributed by atoms with Crippen molar-refractivity contribution in [1.82, 2.24) is 0 Å². The monoisotopic (exact) mass is 362 g/mol. The lowest BCUT2D eigenvalue weighted by atomic mass is 9.98. The Labute approximate surface area is 144 Å². The van der Waals surface area contributed by atoms with E-state index in [4.69, 9.17) is 28.4 Å². The molecule has 142 valence electrons. The normalized spacial score (nSPS) is 28.6. The minimum atomic E-state index is -1.20. The van der Waals surface area contributed by atoms with Gasteiger partial charge in [-0.1, -0.05) is 0 Å². The van der Waals surface area contributed by atoms with Crippen molar-refractivity contribution in [3.05, 3.63) is 0 Å². The van der Waals surface area contributed by atoms with Crippen molar-refractivity contribution in [2.75, 3.05) is 13.7 Å². The molecular formula is C15H22O10. The first-order chi connectivity index (χ1) is 11.6. The number of hydrogen-bond acceptors (Lipinski definition) is 10. The molecule has 0 saturated carbocycles. The van der Waals surface area contributed by atoms with E-state index in [1.54, 1.807) is 0 Å². The van der Waals surface area contributed by atoms with Crippen LogP contribution in [-0.4, -0.2) is 68.3 Å². The van der Waals surface area contributed by atoms with E-state index in [-0.39, 0.29) is 6.61 Å². The first-order valence-corrected chi connectivity index (χ1v) is 7.49. The molecule has 0 aliphatic carbocycles. The zero-order valence-corrected chi connectivity index (χ0v) is 14.7. The maximum atomic E-state index is 11.5. The third kappa shape index (κ3) is 6.31. The second-order valence-electron chi connectivity index (χ2n) is 5.30. The van der Waals surface area contributed by atoms with Gasteiger partial charge >= 0.3 is 23.9 Å². The van der Waals surface area contributed by atoms with E-state index in [9.17, 15) is 19.2 Å². The van der Waals surface area contributed by atoms with Gasteiger partial charge in [-0.15, -0.1) is 0 Å². The highest BCUT2D eigenvalue weighted by atomic mass is 16.7. The molecule has 0 aromatic heterocycles. The predicted octanol–water partition coefficient (Wildman–Crippen LogP) is -0.284. The topological polar surface area (TPSA) is 124 Å². The van der Waals surface area contributed by atoms with Crippen LogP contribution in [0.5, 0.6) is 0 Å². The molecule has 1 saturated heterocycles. The molecule has 10 heteroatoms. The van der Waals surface area contributed by atoms with Crippen molar-refractivity contribution in [3.8, 4) is 0 Å². The number of hydrogen-bond donors (Lipinski definition) is 0. The van der Waals surface area contributed by atoms with Gasteiger partial charge < -0.3 is 28.4 Å². The molecule has 0 amide bonds. The summed E-state index contributed by atoms with van der Waals surface area (Å²) in [5.74, 6) is -2.63. The largest absolute Gasteiger partial charge is 0.463 e. The molecule has 1 heterocycles. The van der Waals surface area contributed by atoms with Gasteiger partial charge in [-0.2, -0.15) is 0 Å². The van der Waals surface area contributed by atoms with Gasteiger partial charge in [0.15, 0.2) is 24.6 Å². The van der Waals surface area contributed by atoms with Crippen LogP contribution in [0.1, 0.15) is 27.7 Å². The van der Waals surface area contributed by atoms with E-state index in [2.05, 4.69) is 0 Å². The van der Waals surface area contributed by atoms with Crippen molar-refractivity contribution in [1.29, 1.82) is 0 Å². The Hall–Kier alpha value is -2.20. The summed E-state index contributed by atoms with van der Waals surface area (Å²) in [7, 11) is 1.29. The molecule has 0 N–H and O–H groups in total. The highest BCUT2D eigenvalue weighted by Gasteiger charge is 2.52. The molecule has 10 nitrogen and oxygen atoms in total. The van der Waals surface area contributed by atoms with Crippen LogP contribution in [0.4, 0.5) is 0 Å². The van der Waals surface area contributed by atoms with Gasteiger partial charge in [-0.05, 0) is 0 Å². The zero-order valence-electron chi connectivity index (χ0n) is 14.7. The molecule has 1 fully saturated rings.